The topological polar surface area (TPSA) is 6.48 Å². The van der Waals surface area contributed by atoms with Crippen LogP contribution in [0.15, 0.2) is 24.3 Å². The molecular formula is C12H16N2. The first-order chi connectivity index (χ1) is 6.79. The highest BCUT2D eigenvalue weighted by atomic mass is 15.4. The molecule has 2 nitrogen and oxygen atoms in total. The Kier molecular flexibility index (Phi) is 1.62. The van der Waals surface area contributed by atoms with Gasteiger partial charge in [0.15, 0.2) is 0 Å². The molecule has 0 amide bonds. The van der Waals surface area contributed by atoms with Gasteiger partial charge < -0.3 is 4.90 Å². The van der Waals surface area contributed by atoms with Gasteiger partial charge in [-0.3, -0.25) is 4.90 Å². The summed E-state index contributed by atoms with van der Waals surface area (Å²) in [7, 11) is 2.23. The molecule has 2 heterocycles. The van der Waals surface area contributed by atoms with E-state index in [0.717, 1.165) is 0 Å². The van der Waals surface area contributed by atoms with Crippen LogP contribution in [0.1, 0.15) is 18.4 Å². The summed E-state index contributed by atoms with van der Waals surface area (Å²) in [5, 5.41) is 0. The fraction of sp³-hybridized carbons (Fsp3) is 0.500. The van der Waals surface area contributed by atoms with Gasteiger partial charge in [0, 0.05) is 24.7 Å². The van der Waals surface area contributed by atoms with E-state index in [1.165, 1.54) is 24.3 Å². The van der Waals surface area contributed by atoms with Gasteiger partial charge in [-0.15, -0.1) is 0 Å². The average molecular weight is 188 g/mol. The van der Waals surface area contributed by atoms with Crippen molar-refractivity contribution in [2.45, 2.75) is 19.0 Å². The Balaban J connectivity index is 2.10. The lowest BCUT2D eigenvalue weighted by Crippen LogP contribution is -2.35. The number of anilines is 1. The zero-order chi connectivity index (χ0) is 9.71. The number of hydrogen-bond acceptors (Lipinski definition) is 2. The second-order valence-corrected chi connectivity index (χ2v) is 4.44. The molecule has 3 rings (SSSR count). The summed E-state index contributed by atoms with van der Waals surface area (Å²) in [6, 6.07) is 8.82. The Bertz CT molecular complexity index is 361. The van der Waals surface area contributed by atoms with E-state index in [2.05, 4.69) is 48.0 Å². The van der Waals surface area contributed by atoms with Crippen LogP contribution in [-0.4, -0.2) is 31.2 Å². The van der Waals surface area contributed by atoms with E-state index < -0.39 is 0 Å². The first kappa shape index (κ1) is 8.30. The third-order valence-corrected chi connectivity index (χ3v) is 3.65. The van der Waals surface area contributed by atoms with Gasteiger partial charge in [0.2, 0.25) is 0 Å². The van der Waals surface area contributed by atoms with Gasteiger partial charge in [0.25, 0.3) is 0 Å². The normalized spacial score (nSPS) is 30.6. The third kappa shape index (κ3) is 0.894. The predicted octanol–water partition coefficient (Wildman–Crippen LogP) is 1.88. The molecule has 0 saturated carbocycles. The minimum absolute atomic E-state index is 0.604. The van der Waals surface area contributed by atoms with Gasteiger partial charge in [0.05, 0.1) is 6.17 Å². The van der Waals surface area contributed by atoms with E-state index in [1.807, 2.05) is 0 Å². The second-order valence-electron chi connectivity index (χ2n) is 4.44. The van der Waals surface area contributed by atoms with Crippen LogP contribution in [0, 0.1) is 0 Å². The molecule has 0 radical (unpaired) electrons. The van der Waals surface area contributed by atoms with Gasteiger partial charge in [0.1, 0.15) is 0 Å². The maximum Gasteiger partial charge on any atom is 0.0886 e. The van der Waals surface area contributed by atoms with E-state index in [0.29, 0.717) is 12.1 Å². The molecule has 14 heavy (non-hydrogen) atoms. The molecule has 0 spiro atoms. The van der Waals surface area contributed by atoms with Gasteiger partial charge in [-0.2, -0.15) is 0 Å². The van der Waals surface area contributed by atoms with Crippen LogP contribution >= 0.6 is 0 Å². The molecule has 74 valence electrons. The summed E-state index contributed by atoms with van der Waals surface area (Å²) in [6.07, 6.45) is 0.604. The predicted molar refractivity (Wildman–Crippen MR) is 58.6 cm³/mol. The highest BCUT2D eigenvalue weighted by molar-refractivity contribution is 5.62. The van der Waals surface area contributed by atoms with Crippen molar-refractivity contribution in [1.29, 1.82) is 0 Å². The van der Waals surface area contributed by atoms with E-state index in [-0.39, 0.29) is 0 Å². The Labute approximate surface area is 85.1 Å². The van der Waals surface area contributed by atoms with Crippen LogP contribution in [0.5, 0.6) is 0 Å². The maximum atomic E-state index is 2.54. The lowest BCUT2D eigenvalue weighted by molar-refractivity contribution is 0.290. The molecule has 1 aromatic rings. The minimum Gasteiger partial charge on any atom is -0.354 e. The van der Waals surface area contributed by atoms with Crippen molar-refractivity contribution in [2.24, 2.45) is 0 Å². The Morgan fingerprint density at radius 1 is 1.21 bits per heavy atom. The summed E-state index contributed by atoms with van der Waals surface area (Å²) in [5.41, 5.74) is 2.97. The standard InChI is InChI=1S/C12H16N2/c1-9-10-5-3-4-6-11(10)14-8-7-13(2)12(9)14/h3-6,9,12H,7-8H2,1-2H3. The average Bonchev–Trinajstić information content (AvgIpc) is 2.70. The number of para-hydroxylation sites is 1. The molecule has 2 aliphatic rings. The van der Waals surface area contributed by atoms with Crippen molar-refractivity contribution < 1.29 is 0 Å². The molecule has 1 aromatic carbocycles. The van der Waals surface area contributed by atoms with Gasteiger partial charge in [-0.25, -0.2) is 0 Å². The third-order valence-electron chi connectivity index (χ3n) is 3.65. The molecule has 2 heteroatoms. The summed E-state index contributed by atoms with van der Waals surface area (Å²) < 4.78 is 0. The summed E-state index contributed by atoms with van der Waals surface area (Å²) >= 11 is 0. The zero-order valence-electron chi connectivity index (χ0n) is 8.77. The molecule has 1 fully saturated rings. The van der Waals surface area contributed by atoms with E-state index in [1.54, 1.807) is 0 Å². The first-order valence-corrected chi connectivity index (χ1v) is 5.35. The van der Waals surface area contributed by atoms with Crippen LogP contribution in [0.2, 0.25) is 0 Å². The summed E-state index contributed by atoms with van der Waals surface area (Å²) in [5.74, 6) is 0.652. The quantitative estimate of drug-likeness (QED) is 0.613. The maximum absolute atomic E-state index is 2.54. The van der Waals surface area contributed by atoms with E-state index in [4.69, 9.17) is 0 Å². The lowest BCUT2D eigenvalue weighted by atomic mass is 10.0. The van der Waals surface area contributed by atoms with Crippen molar-refractivity contribution in [3.05, 3.63) is 29.8 Å². The molecule has 0 bridgehead atoms. The first-order valence-electron chi connectivity index (χ1n) is 5.35. The molecule has 1 saturated heterocycles. The van der Waals surface area contributed by atoms with E-state index >= 15 is 0 Å². The van der Waals surface area contributed by atoms with E-state index in [9.17, 15) is 0 Å². The number of rotatable bonds is 0. The van der Waals surface area contributed by atoms with Gasteiger partial charge in [-0.05, 0) is 18.7 Å². The van der Waals surface area contributed by atoms with Crippen molar-refractivity contribution in [3.63, 3.8) is 0 Å². The van der Waals surface area contributed by atoms with Crippen LogP contribution < -0.4 is 4.90 Å². The van der Waals surface area contributed by atoms with Crippen LogP contribution in [0.25, 0.3) is 0 Å². The Morgan fingerprint density at radius 2 is 2.00 bits per heavy atom. The smallest absolute Gasteiger partial charge is 0.0886 e. The fourth-order valence-electron chi connectivity index (χ4n) is 2.98. The molecule has 0 aliphatic carbocycles. The molecule has 0 aromatic heterocycles. The number of nitrogens with zero attached hydrogens (tertiary/aromatic N) is 2. The van der Waals surface area contributed by atoms with Crippen LogP contribution in [0.4, 0.5) is 5.69 Å². The van der Waals surface area contributed by atoms with Crippen molar-refractivity contribution in [2.75, 3.05) is 25.0 Å². The second kappa shape index (κ2) is 2.74. The number of benzene rings is 1. The van der Waals surface area contributed by atoms with Gasteiger partial charge in [-0.1, -0.05) is 25.1 Å². The van der Waals surface area contributed by atoms with Gasteiger partial charge >= 0.3 is 0 Å². The van der Waals surface area contributed by atoms with Crippen LogP contribution in [-0.2, 0) is 0 Å². The SMILES string of the molecule is CC1c2ccccc2N2CCN(C)C12. The number of fused-ring (bicyclic) bond motifs is 3. The summed E-state index contributed by atoms with van der Waals surface area (Å²) in [4.78, 5) is 5.00. The lowest BCUT2D eigenvalue weighted by Gasteiger charge is -2.25. The monoisotopic (exact) mass is 188 g/mol. The number of hydrogen-bond donors (Lipinski definition) is 0. The molecule has 2 aliphatic heterocycles. The fourth-order valence-corrected chi connectivity index (χ4v) is 2.98. The Morgan fingerprint density at radius 3 is 2.86 bits per heavy atom. The zero-order valence-corrected chi connectivity index (χ0v) is 8.77. The van der Waals surface area contributed by atoms with Crippen molar-refractivity contribution in [1.82, 2.24) is 4.90 Å². The largest absolute Gasteiger partial charge is 0.354 e. The van der Waals surface area contributed by atoms with Crippen molar-refractivity contribution >= 4 is 5.69 Å². The Hall–Kier alpha value is -1.02. The molecule has 0 N–H and O–H groups in total. The molecule has 2 atom stereocenters. The highest BCUT2D eigenvalue weighted by Gasteiger charge is 2.41. The highest BCUT2D eigenvalue weighted by Crippen LogP contribution is 2.43. The molecular weight excluding hydrogens is 172 g/mol. The summed E-state index contributed by atoms with van der Waals surface area (Å²) in [6.45, 7) is 4.72. The number of likely N-dealkylation sites (N-methyl/N-ethyl adjacent to an activating group) is 1. The minimum atomic E-state index is 0.604. The molecule has 2 unspecified atom stereocenters. The van der Waals surface area contributed by atoms with Crippen molar-refractivity contribution in [3.8, 4) is 0 Å². The van der Waals surface area contributed by atoms with Crippen LogP contribution in [0.3, 0.4) is 0 Å².